The smallest absolute Gasteiger partial charge is 0.338 e. The second-order valence-electron chi connectivity index (χ2n) is 6.13. The van der Waals surface area contributed by atoms with Gasteiger partial charge in [0.2, 0.25) is 0 Å². The van der Waals surface area contributed by atoms with Gasteiger partial charge in [0.1, 0.15) is 12.1 Å². The fourth-order valence-electron chi connectivity index (χ4n) is 2.48. The molecule has 1 N–H and O–H groups in total. The minimum atomic E-state index is -0.991. The van der Waals surface area contributed by atoms with E-state index >= 15 is 0 Å². The number of amides is 1. The van der Waals surface area contributed by atoms with Crippen LogP contribution in [0.3, 0.4) is 0 Å². The zero-order chi connectivity index (χ0) is 20.1. The number of rotatable bonds is 6. The molecule has 1 heterocycles. The normalized spacial score (nSPS) is 12.8. The van der Waals surface area contributed by atoms with Crippen molar-refractivity contribution in [2.24, 2.45) is 0 Å². The van der Waals surface area contributed by atoms with E-state index in [0.29, 0.717) is 11.3 Å². The topological polar surface area (TPSA) is 99.0 Å². The number of carbonyl (C=O) groups excluding carboxylic acids is 2. The molecular formula is C19H18FN5O3. The van der Waals surface area contributed by atoms with Crippen LogP contribution in [0.5, 0.6) is 0 Å². The van der Waals surface area contributed by atoms with Crippen molar-refractivity contribution in [2.75, 3.05) is 0 Å². The van der Waals surface area contributed by atoms with E-state index in [4.69, 9.17) is 4.74 Å². The Bertz CT molecular complexity index is 943. The molecule has 144 valence electrons. The molecule has 1 aromatic heterocycles. The molecule has 0 unspecified atom stereocenters. The third-order valence-corrected chi connectivity index (χ3v) is 4.10. The highest BCUT2D eigenvalue weighted by Gasteiger charge is 2.21. The summed E-state index contributed by atoms with van der Waals surface area (Å²) in [5.41, 5.74) is 1.72. The van der Waals surface area contributed by atoms with E-state index in [1.54, 1.807) is 43.3 Å². The summed E-state index contributed by atoms with van der Waals surface area (Å²) in [6.45, 7) is 3.25. The van der Waals surface area contributed by atoms with Crippen LogP contribution in [0.1, 0.15) is 35.8 Å². The fourth-order valence-corrected chi connectivity index (χ4v) is 2.48. The molecule has 3 aromatic rings. The van der Waals surface area contributed by atoms with Gasteiger partial charge in [0, 0.05) is 0 Å². The van der Waals surface area contributed by atoms with Crippen LogP contribution in [0.25, 0.3) is 5.69 Å². The summed E-state index contributed by atoms with van der Waals surface area (Å²) in [6, 6.07) is 11.9. The number of carbonyl (C=O) groups is 2. The Morgan fingerprint density at radius 3 is 2.36 bits per heavy atom. The molecule has 0 saturated carbocycles. The lowest BCUT2D eigenvalue weighted by Crippen LogP contribution is -2.37. The summed E-state index contributed by atoms with van der Waals surface area (Å²) in [5.74, 6) is -1.42. The van der Waals surface area contributed by atoms with Gasteiger partial charge in [-0.05, 0) is 66.2 Å². The van der Waals surface area contributed by atoms with Gasteiger partial charge in [-0.15, -0.1) is 5.10 Å². The molecule has 0 aliphatic heterocycles. The van der Waals surface area contributed by atoms with Crippen molar-refractivity contribution in [3.63, 3.8) is 0 Å². The standard InChI is InChI=1S/C19H18FN5O3/c1-12(14-3-7-16(20)8-4-14)22-18(26)13(2)28-19(27)15-5-9-17(10-6-15)25-11-21-23-24-25/h3-13H,1-2H3,(H,22,26)/t12-,13-/m0/s1. The van der Waals surface area contributed by atoms with E-state index in [9.17, 15) is 14.0 Å². The Morgan fingerprint density at radius 2 is 1.75 bits per heavy atom. The molecule has 0 fully saturated rings. The lowest BCUT2D eigenvalue weighted by Gasteiger charge is -2.18. The maximum absolute atomic E-state index is 13.0. The molecule has 0 saturated heterocycles. The quantitative estimate of drug-likeness (QED) is 0.656. The summed E-state index contributed by atoms with van der Waals surface area (Å²) < 4.78 is 19.7. The van der Waals surface area contributed by atoms with E-state index in [1.165, 1.54) is 30.1 Å². The van der Waals surface area contributed by atoms with Crippen molar-refractivity contribution in [3.8, 4) is 5.69 Å². The second kappa shape index (κ2) is 8.38. The number of esters is 1. The molecule has 2 atom stereocenters. The Labute approximate surface area is 160 Å². The molecule has 0 aliphatic carbocycles. The van der Waals surface area contributed by atoms with Gasteiger partial charge in [-0.2, -0.15) is 0 Å². The van der Waals surface area contributed by atoms with Crippen LogP contribution in [0.4, 0.5) is 4.39 Å². The van der Waals surface area contributed by atoms with E-state index in [0.717, 1.165) is 5.56 Å². The van der Waals surface area contributed by atoms with Crippen molar-refractivity contribution in [1.82, 2.24) is 25.5 Å². The molecule has 0 bridgehead atoms. The Morgan fingerprint density at radius 1 is 1.07 bits per heavy atom. The van der Waals surface area contributed by atoms with Gasteiger partial charge in [0.15, 0.2) is 6.10 Å². The van der Waals surface area contributed by atoms with E-state index in [1.807, 2.05) is 0 Å². The number of hydrogen-bond donors (Lipinski definition) is 1. The van der Waals surface area contributed by atoms with Crippen LogP contribution in [0.15, 0.2) is 54.9 Å². The number of hydrogen-bond acceptors (Lipinski definition) is 6. The molecule has 1 amide bonds. The molecule has 0 aliphatic rings. The van der Waals surface area contributed by atoms with Crippen LogP contribution < -0.4 is 5.32 Å². The van der Waals surface area contributed by atoms with E-state index < -0.39 is 18.0 Å². The molecule has 8 nitrogen and oxygen atoms in total. The van der Waals surface area contributed by atoms with Crippen molar-refractivity contribution >= 4 is 11.9 Å². The molecule has 0 radical (unpaired) electrons. The predicted octanol–water partition coefficient (Wildman–Crippen LogP) is 2.22. The average Bonchev–Trinajstić information content (AvgIpc) is 3.23. The SMILES string of the molecule is C[C@H](OC(=O)c1ccc(-n2cnnn2)cc1)C(=O)N[C@@H](C)c1ccc(F)cc1. The monoisotopic (exact) mass is 383 g/mol. The van der Waals surface area contributed by atoms with Crippen LogP contribution >= 0.6 is 0 Å². The zero-order valence-electron chi connectivity index (χ0n) is 15.2. The third-order valence-electron chi connectivity index (χ3n) is 4.10. The minimum Gasteiger partial charge on any atom is -0.449 e. The van der Waals surface area contributed by atoms with E-state index in [2.05, 4.69) is 20.8 Å². The van der Waals surface area contributed by atoms with Crippen LogP contribution in [-0.4, -0.2) is 38.2 Å². The Kier molecular flexibility index (Phi) is 5.73. The molecule has 28 heavy (non-hydrogen) atoms. The lowest BCUT2D eigenvalue weighted by atomic mass is 10.1. The van der Waals surface area contributed by atoms with E-state index in [-0.39, 0.29) is 11.9 Å². The Hall–Kier alpha value is -3.62. The van der Waals surface area contributed by atoms with Gasteiger partial charge in [0.25, 0.3) is 5.91 Å². The Balaban J connectivity index is 1.57. The first-order valence-electron chi connectivity index (χ1n) is 8.54. The first-order valence-corrected chi connectivity index (χ1v) is 8.54. The number of ether oxygens (including phenoxy) is 1. The summed E-state index contributed by atoms with van der Waals surface area (Å²) in [4.78, 5) is 24.5. The minimum absolute atomic E-state index is 0.294. The van der Waals surface area contributed by atoms with Crippen molar-refractivity contribution in [1.29, 1.82) is 0 Å². The highest BCUT2D eigenvalue weighted by Crippen LogP contribution is 2.14. The number of nitrogens with zero attached hydrogens (tertiary/aromatic N) is 4. The molecule has 2 aromatic carbocycles. The van der Waals surface area contributed by atoms with Gasteiger partial charge in [-0.3, -0.25) is 4.79 Å². The number of nitrogens with one attached hydrogen (secondary N) is 1. The summed E-state index contributed by atoms with van der Waals surface area (Å²) in [7, 11) is 0. The van der Waals surface area contributed by atoms with Gasteiger partial charge in [-0.25, -0.2) is 13.9 Å². The highest BCUT2D eigenvalue weighted by atomic mass is 19.1. The summed E-state index contributed by atoms with van der Waals surface area (Å²) in [5, 5.41) is 13.6. The summed E-state index contributed by atoms with van der Waals surface area (Å²) in [6.07, 6.45) is 0.441. The van der Waals surface area contributed by atoms with Crippen LogP contribution in [0, 0.1) is 5.82 Å². The zero-order valence-corrected chi connectivity index (χ0v) is 15.2. The third kappa shape index (κ3) is 4.56. The lowest BCUT2D eigenvalue weighted by molar-refractivity contribution is -0.129. The van der Waals surface area contributed by atoms with Crippen LogP contribution in [-0.2, 0) is 9.53 Å². The second-order valence-corrected chi connectivity index (χ2v) is 6.13. The van der Waals surface area contributed by atoms with Gasteiger partial charge < -0.3 is 10.1 Å². The molecule has 0 spiro atoms. The first-order chi connectivity index (χ1) is 13.4. The van der Waals surface area contributed by atoms with Crippen molar-refractivity contribution in [2.45, 2.75) is 26.0 Å². The highest BCUT2D eigenvalue weighted by molar-refractivity contribution is 5.92. The number of aromatic nitrogens is 4. The van der Waals surface area contributed by atoms with Crippen molar-refractivity contribution in [3.05, 3.63) is 71.8 Å². The summed E-state index contributed by atoms with van der Waals surface area (Å²) >= 11 is 0. The van der Waals surface area contributed by atoms with Crippen molar-refractivity contribution < 1.29 is 18.7 Å². The molecule has 9 heteroatoms. The molecular weight excluding hydrogens is 365 g/mol. The first kappa shape index (κ1) is 19.2. The number of halogens is 1. The average molecular weight is 383 g/mol. The maximum Gasteiger partial charge on any atom is 0.338 e. The number of benzene rings is 2. The maximum atomic E-state index is 13.0. The number of tetrazole rings is 1. The van der Waals surface area contributed by atoms with Gasteiger partial charge in [0.05, 0.1) is 17.3 Å². The van der Waals surface area contributed by atoms with Crippen LogP contribution in [0.2, 0.25) is 0 Å². The predicted molar refractivity (Wildman–Crippen MR) is 97.0 cm³/mol. The fraction of sp³-hybridized carbons (Fsp3) is 0.211. The van der Waals surface area contributed by atoms with Gasteiger partial charge in [-0.1, -0.05) is 12.1 Å². The largest absolute Gasteiger partial charge is 0.449 e. The van der Waals surface area contributed by atoms with Gasteiger partial charge >= 0.3 is 5.97 Å². The molecule has 3 rings (SSSR count).